The van der Waals surface area contributed by atoms with Crippen LogP contribution in [0.15, 0.2) is 35.6 Å². The van der Waals surface area contributed by atoms with Crippen molar-refractivity contribution in [2.45, 2.75) is 32.6 Å². The van der Waals surface area contributed by atoms with Gasteiger partial charge in [0.05, 0.1) is 5.57 Å². The zero-order chi connectivity index (χ0) is 13.6. The summed E-state index contributed by atoms with van der Waals surface area (Å²) in [6, 6.07) is 6.72. The van der Waals surface area contributed by atoms with Gasteiger partial charge in [0, 0.05) is 16.5 Å². The van der Waals surface area contributed by atoms with E-state index in [-0.39, 0.29) is 17.0 Å². The molecule has 1 aromatic carbocycles. The van der Waals surface area contributed by atoms with E-state index >= 15 is 0 Å². The van der Waals surface area contributed by atoms with Crippen LogP contribution in [0, 0.1) is 5.41 Å². The van der Waals surface area contributed by atoms with Gasteiger partial charge >= 0.3 is 0 Å². The van der Waals surface area contributed by atoms with Crippen LogP contribution in [-0.4, -0.2) is 16.7 Å². The van der Waals surface area contributed by atoms with Crippen molar-refractivity contribution in [2.75, 3.05) is 0 Å². The molecule has 19 heavy (non-hydrogen) atoms. The Morgan fingerprint density at radius 1 is 1.00 bits per heavy atom. The molecule has 3 rings (SSSR count). The highest BCUT2D eigenvalue weighted by molar-refractivity contribution is 6.26. The normalized spacial score (nSPS) is 21.7. The second-order valence-corrected chi connectivity index (χ2v) is 5.70. The first-order chi connectivity index (χ1) is 9.04. The van der Waals surface area contributed by atoms with Crippen molar-refractivity contribution >= 4 is 11.6 Å². The van der Waals surface area contributed by atoms with Gasteiger partial charge in [-0.3, -0.25) is 9.59 Å². The van der Waals surface area contributed by atoms with Gasteiger partial charge in [-0.15, -0.1) is 0 Å². The van der Waals surface area contributed by atoms with Crippen LogP contribution >= 0.6 is 0 Å². The molecule has 2 aliphatic rings. The highest BCUT2D eigenvalue weighted by Crippen LogP contribution is 2.47. The molecule has 0 atom stereocenters. The van der Waals surface area contributed by atoms with E-state index in [1.807, 2.05) is 6.92 Å². The molecular weight excluding hydrogens is 240 g/mol. The summed E-state index contributed by atoms with van der Waals surface area (Å²) in [4.78, 5) is 24.8. The average molecular weight is 256 g/mol. The molecule has 1 N–H and O–H groups in total. The molecule has 0 bridgehead atoms. The summed E-state index contributed by atoms with van der Waals surface area (Å²) in [5, 5.41) is 10.2. The van der Waals surface area contributed by atoms with Crippen LogP contribution in [0.2, 0.25) is 0 Å². The molecule has 0 amide bonds. The van der Waals surface area contributed by atoms with Crippen molar-refractivity contribution in [1.82, 2.24) is 0 Å². The summed E-state index contributed by atoms with van der Waals surface area (Å²) in [6.45, 7) is 1.98. The number of hydrogen-bond acceptors (Lipinski definition) is 3. The van der Waals surface area contributed by atoms with Crippen LogP contribution in [0.1, 0.15) is 53.3 Å². The van der Waals surface area contributed by atoms with Gasteiger partial charge in [-0.1, -0.05) is 44.0 Å². The van der Waals surface area contributed by atoms with Gasteiger partial charge < -0.3 is 5.11 Å². The van der Waals surface area contributed by atoms with Gasteiger partial charge in [-0.2, -0.15) is 0 Å². The topological polar surface area (TPSA) is 54.4 Å². The Bertz CT molecular complexity index is 604. The van der Waals surface area contributed by atoms with Crippen LogP contribution in [0.3, 0.4) is 0 Å². The molecule has 2 aliphatic carbocycles. The van der Waals surface area contributed by atoms with E-state index in [4.69, 9.17) is 0 Å². The fourth-order valence-corrected chi connectivity index (χ4v) is 3.33. The first kappa shape index (κ1) is 12.2. The van der Waals surface area contributed by atoms with Gasteiger partial charge in [0.2, 0.25) is 5.78 Å². The number of allylic oxidation sites excluding steroid dienone is 2. The monoisotopic (exact) mass is 256 g/mol. The number of ketones is 2. The maximum atomic E-state index is 12.6. The predicted molar refractivity (Wildman–Crippen MR) is 71.3 cm³/mol. The van der Waals surface area contributed by atoms with Crippen molar-refractivity contribution in [3.63, 3.8) is 0 Å². The fourth-order valence-electron chi connectivity index (χ4n) is 3.33. The molecule has 3 nitrogen and oxygen atoms in total. The van der Waals surface area contributed by atoms with E-state index in [0.717, 1.165) is 25.7 Å². The zero-order valence-corrected chi connectivity index (χ0v) is 10.9. The standard InChI is InChI=1S/C16H16O3/c1-16(8-4-5-9-16)12-13(17)10-6-2-3-7-11(10)14(18)15(12)19/h2-3,6-7,19H,4-5,8-9H2,1H3. The third kappa shape index (κ3) is 1.65. The molecular formula is C16H16O3. The van der Waals surface area contributed by atoms with Gasteiger partial charge in [-0.25, -0.2) is 0 Å². The van der Waals surface area contributed by atoms with Crippen molar-refractivity contribution < 1.29 is 14.7 Å². The molecule has 0 radical (unpaired) electrons. The molecule has 98 valence electrons. The molecule has 1 saturated carbocycles. The van der Waals surface area contributed by atoms with Crippen molar-refractivity contribution in [3.05, 3.63) is 46.7 Å². The maximum absolute atomic E-state index is 12.6. The quantitative estimate of drug-likeness (QED) is 0.837. The minimum absolute atomic E-state index is 0.183. The second kappa shape index (κ2) is 4.05. The molecule has 0 unspecified atom stereocenters. The first-order valence-corrected chi connectivity index (χ1v) is 6.67. The Balaban J connectivity index is 2.18. The number of aliphatic hydroxyl groups excluding tert-OH is 1. The Morgan fingerprint density at radius 3 is 2.11 bits per heavy atom. The lowest BCUT2D eigenvalue weighted by Crippen LogP contribution is -2.30. The number of benzene rings is 1. The predicted octanol–water partition coefficient (Wildman–Crippen LogP) is 3.46. The summed E-state index contributed by atoms with van der Waals surface area (Å²) in [5.41, 5.74) is 0.710. The molecule has 1 fully saturated rings. The molecule has 0 aliphatic heterocycles. The number of rotatable bonds is 1. The fraction of sp³-hybridized carbons (Fsp3) is 0.375. The summed E-state index contributed by atoms with van der Waals surface area (Å²) in [7, 11) is 0. The Morgan fingerprint density at radius 2 is 1.53 bits per heavy atom. The number of aliphatic hydroxyl groups is 1. The minimum Gasteiger partial charge on any atom is -0.504 e. The van der Waals surface area contributed by atoms with E-state index in [1.165, 1.54) is 0 Å². The van der Waals surface area contributed by atoms with Crippen molar-refractivity contribution in [1.29, 1.82) is 0 Å². The second-order valence-electron chi connectivity index (χ2n) is 5.70. The SMILES string of the molecule is CC1(C2=C(O)C(=O)c3ccccc3C2=O)CCCC1. The molecule has 3 heteroatoms. The smallest absolute Gasteiger partial charge is 0.228 e. The molecule has 0 saturated heterocycles. The summed E-state index contributed by atoms with van der Waals surface area (Å²) >= 11 is 0. The number of hydrogen-bond donors (Lipinski definition) is 1. The van der Waals surface area contributed by atoms with Gasteiger partial charge in [0.1, 0.15) is 0 Å². The zero-order valence-electron chi connectivity index (χ0n) is 10.9. The van der Waals surface area contributed by atoms with Gasteiger partial charge in [0.15, 0.2) is 11.5 Å². The third-order valence-electron chi connectivity index (χ3n) is 4.41. The maximum Gasteiger partial charge on any atom is 0.228 e. The number of carbonyl (C=O) groups excluding carboxylic acids is 2. The van der Waals surface area contributed by atoms with E-state index < -0.39 is 5.78 Å². The number of carbonyl (C=O) groups is 2. The van der Waals surface area contributed by atoms with Crippen LogP contribution in [0.25, 0.3) is 0 Å². The van der Waals surface area contributed by atoms with Crippen LogP contribution in [-0.2, 0) is 0 Å². The first-order valence-electron chi connectivity index (χ1n) is 6.67. The lowest BCUT2D eigenvalue weighted by Gasteiger charge is -2.30. The summed E-state index contributed by atoms with van der Waals surface area (Å²) in [5.74, 6) is -0.941. The molecule has 1 aromatic rings. The van der Waals surface area contributed by atoms with Crippen LogP contribution in [0.5, 0.6) is 0 Å². The Kier molecular flexibility index (Phi) is 2.59. The van der Waals surface area contributed by atoms with Crippen molar-refractivity contribution in [3.8, 4) is 0 Å². The third-order valence-corrected chi connectivity index (χ3v) is 4.41. The number of Topliss-reactive ketones (excluding diaryl/α,β-unsaturated/α-hetero) is 2. The van der Waals surface area contributed by atoms with E-state index in [1.54, 1.807) is 24.3 Å². The highest BCUT2D eigenvalue weighted by atomic mass is 16.3. The van der Waals surface area contributed by atoms with E-state index in [0.29, 0.717) is 16.7 Å². The molecule has 0 spiro atoms. The Hall–Kier alpha value is -1.90. The minimum atomic E-state index is -0.418. The van der Waals surface area contributed by atoms with Crippen molar-refractivity contribution in [2.24, 2.45) is 5.41 Å². The Labute approximate surface area is 111 Å². The average Bonchev–Trinajstić information content (AvgIpc) is 2.84. The molecule has 0 aromatic heterocycles. The number of fused-ring (bicyclic) bond motifs is 1. The summed E-state index contributed by atoms with van der Waals surface area (Å²) in [6.07, 6.45) is 3.79. The molecule has 0 heterocycles. The van der Waals surface area contributed by atoms with Crippen LogP contribution < -0.4 is 0 Å². The van der Waals surface area contributed by atoms with Crippen LogP contribution in [0.4, 0.5) is 0 Å². The van der Waals surface area contributed by atoms with E-state index in [9.17, 15) is 14.7 Å². The summed E-state index contributed by atoms with van der Waals surface area (Å²) < 4.78 is 0. The van der Waals surface area contributed by atoms with Gasteiger partial charge in [0.25, 0.3) is 0 Å². The van der Waals surface area contributed by atoms with E-state index in [2.05, 4.69) is 0 Å². The largest absolute Gasteiger partial charge is 0.504 e. The van der Waals surface area contributed by atoms with Gasteiger partial charge in [-0.05, 0) is 12.8 Å². The lowest BCUT2D eigenvalue weighted by atomic mass is 9.72. The highest BCUT2D eigenvalue weighted by Gasteiger charge is 2.43. The lowest BCUT2D eigenvalue weighted by molar-refractivity contribution is 0.0905.